The van der Waals surface area contributed by atoms with Gasteiger partial charge in [-0.15, -0.1) is 11.3 Å². The van der Waals surface area contributed by atoms with Crippen molar-refractivity contribution in [3.05, 3.63) is 46.2 Å². The number of thiophene rings is 1. The van der Waals surface area contributed by atoms with Gasteiger partial charge in [0.1, 0.15) is 6.61 Å². The number of aliphatic carboxylic acids is 1. The van der Waals surface area contributed by atoms with E-state index in [-0.39, 0.29) is 0 Å². The Kier molecular flexibility index (Phi) is 6.52. The number of rotatable bonds is 9. The van der Waals surface area contributed by atoms with Crippen LogP contribution in [-0.4, -0.2) is 49.3 Å². The molecule has 1 atom stereocenters. The van der Waals surface area contributed by atoms with Gasteiger partial charge in [0, 0.05) is 11.4 Å². The lowest BCUT2D eigenvalue weighted by Gasteiger charge is -2.19. The van der Waals surface area contributed by atoms with E-state index < -0.39 is 11.9 Å². The topological polar surface area (TPSA) is 59.0 Å². The maximum absolute atomic E-state index is 11.8. The van der Waals surface area contributed by atoms with Crippen molar-refractivity contribution in [2.45, 2.75) is 25.2 Å². The van der Waals surface area contributed by atoms with Gasteiger partial charge in [-0.3, -0.25) is 9.69 Å². The Morgan fingerprint density at radius 1 is 1.27 bits per heavy atom. The second-order valence-electron chi connectivity index (χ2n) is 6.46. The first-order chi connectivity index (χ1) is 12.7. The zero-order valence-electron chi connectivity index (χ0n) is 15.0. The second-order valence-corrected chi connectivity index (χ2v) is 7.44. The van der Waals surface area contributed by atoms with Crippen LogP contribution in [0.25, 0.3) is 0 Å². The Balaban J connectivity index is 1.75. The van der Waals surface area contributed by atoms with E-state index in [0.717, 1.165) is 30.1 Å². The highest BCUT2D eigenvalue weighted by molar-refractivity contribution is 7.10. The van der Waals surface area contributed by atoms with Crippen molar-refractivity contribution >= 4 is 17.3 Å². The number of benzene rings is 1. The summed E-state index contributed by atoms with van der Waals surface area (Å²) in [7, 11) is 1.61. The van der Waals surface area contributed by atoms with E-state index in [9.17, 15) is 9.90 Å². The highest BCUT2D eigenvalue weighted by Gasteiger charge is 2.24. The second kappa shape index (κ2) is 9.05. The van der Waals surface area contributed by atoms with Gasteiger partial charge in [0.2, 0.25) is 0 Å². The maximum atomic E-state index is 11.8. The summed E-state index contributed by atoms with van der Waals surface area (Å²) in [6.07, 6.45) is 2.88. The molecule has 2 aromatic rings. The van der Waals surface area contributed by atoms with Gasteiger partial charge in [-0.05, 0) is 55.4 Å². The van der Waals surface area contributed by atoms with Crippen LogP contribution in [0, 0.1) is 0 Å². The molecule has 1 fully saturated rings. The Bertz CT molecular complexity index is 711. The molecule has 2 heterocycles. The first kappa shape index (κ1) is 18.7. The molecule has 0 saturated carbocycles. The molecule has 0 bridgehead atoms. The van der Waals surface area contributed by atoms with E-state index in [4.69, 9.17) is 9.47 Å². The highest BCUT2D eigenvalue weighted by atomic mass is 32.1. The quantitative estimate of drug-likeness (QED) is 0.725. The number of hydrogen-bond donors (Lipinski definition) is 1. The summed E-state index contributed by atoms with van der Waals surface area (Å²) in [5, 5.41) is 11.6. The lowest BCUT2D eigenvalue weighted by Crippen LogP contribution is -2.25. The average molecular weight is 375 g/mol. The number of carboxylic acids is 1. The number of ether oxygens (including phenoxy) is 2. The third-order valence-electron chi connectivity index (χ3n) is 4.74. The molecule has 140 valence electrons. The summed E-state index contributed by atoms with van der Waals surface area (Å²) in [4.78, 5) is 15.0. The lowest BCUT2D eigenvalue weighted by molar-refractivity contribution is -0.138. The minimum Gasteiger partial charge on any atom is -0.493 e. The summed E-state index contributed by atoms with van der Waals surface area (Å²) in [5.74, 6) is -0.0856. The fourth-order valence-corrected chi connectivity index (χ4v) is 4.17. The van der Waals surface area contributed by atoms with Crippen LogP contribution in [-0.2, 0) is 11.2 Å². The first-order valence-electron chi connectivity index (χ1n) is 8.96. The third-order valence-corrected chi connectivity index (χ3v) is 5.73. The molecule has 1 N–H and O–H groups in total. The van der Waals surface area contributed by atoms with E-state index in [0.29, 0.717) is 24.5 Å². The Morgan fingerprint density at radius 3 is 2.73 bits per heavy atom. The Hall–Kier alpha value is -2.05. The number of methoxy groups -OCH3 is 1. The number of carbonyl (C=O) groups is 1. The van der Waals surface area contributed by atoms with Crippen LogP contribution in [0.4, 0.5) is 0 Å². The van der Waals surface area contributed by atoms with Crippen molar-refractivity contribution < 1.29 is 19.4 Å². The minimum absolute atomic E-state index is 0.381. The molecule has 6 heteroatoms. The number of likely N-dealkylation sites (tertiary alicyclic amines) is 1. The van der Waals surface area contributed by atoms with Crippen molar-refractivity contribution in [3.8, 4) is 11.5 Å². The van der Waals surface area contributed by atoms with Crippen molar-refractivity contribution in [2.24, 2.45) is 0 Å². The van der Waals surface area contributed by atoms with Crippen LogP contribution in [0.2, 0.25) is 0 Å². The van der Waals surface area contributed by atoms with E-state index in [1.54, 1.807) is 7.11 Å². The van der Waals surface area contributed by atoms with Crippen molar-refractivity contribution in [1.82, 2.24) is 4.90 Å². The normalized spacial score (nSPS) is 15.7. The Morgan fingerprint density at radius 2 is 2.08 bits per heavy atom. The smallest absolute Gasteiger partial charge is 0.312 e. The maximum Gasteiger partial charge on any atom is 0.312 e. The van der Waals surface area contributed by atoms with Gasteiger partial charge in [-0.1, -0.05) is 18.2 Å². The standard InChI is InChI=1S/C20H25NO4S/c1-24-17-7-4-6-15(14-16(20(22)23)18-8-5-13-26-18)19(17)25-12-11-21-9-2-3-10-21/h4-8,13,16H,2-3,9-12,14H2,1H3,(H,22,23). The highest BCUT2D eigenvalue weighted by Crippen LogP contribution is 2.35. The molecular formula is C20H25NO4S. The van der Waals surface area contributed by atoms with Gasteiger partial charge in [0.05, 0.1) is 13.0 Å². The zero-order valence-corrected chi connectivity index (χ0v) is 15.8. The molecule has 1 aromatic carbocycles. The summed E-state index contributed by atoms with van der Waals surface area (Å²) < 4.78 is 11.5. The molecule has 5 nitrogen and oxygen atoms in total. The predicted octanol–water partition coefficient (Wildman–Crippen LogP) is 3.64. The van der Waals surface area contributed by atoms with Gasteiger partial charge in [-0.25, -0.2) is 0 Å². The minimum atomic E-state index is -0.821. The monoisotopic (exact) mass is 375 g/mol. The molecule has 1 aromatic heterocycles. The number of para-hydroxylation sites is 1. The van der Waals surface area contributed by atoms with Gasteiger partial charge < -0.3 is 14.6 Å². The molecule has 0 radical (unpaired) electrons. The summed E-state index contributed by atoms with van der Waals surface area (Å²) in [5.41, 5.74) is 0.867. The van der Waals surface area contributed by atoms with Gasteiger partial charge >= 0.3 is 5.97 Å². The van der Waals surface area contributed by atoms with Gasteiger partial charge in [0.25, 0.3) is 0 Å². The first-order valence-corrected chi connectivity index (χ1v) is 9.84. The molecule has 0 amide bonds. The van der Waals surface area contributed by atoms with Crippen molar-refractivity contribution in [2.75, 3.05) is 33.4 Å². The fourth-order valence-electron chi connectivity index (χ4n) is 3.35. The summed E-state index contributed by atoms with van der Waals surface area (Å²) in [6.45, 7) is 3.71. The van der Waals surface area contributed by atoms with Crippen LogP contribution in [0.5, 0.6) is 11.5 Å². The number of hydrogen-bond acceptors (Lipinski definition) is 5. The predicted molar refractivity (Wildman–Crippen MR) is 103 cm³/mol. The number of nitrogens with zero attached hydrogens (tertiary/aromatic N) is 1. The van der Waals surface area contributed by atoms with Crippen LogP contribution < -0.4 is 9.47 Å². The van der Waals surface area contributed by atoms with Crippen molar-refractivity contribution in [3.63, 3.8) is 0 Å². The third kappa shape index (κ3) is 4.56. The molecule has 26 heavy (non-hydrogen) atoms. The van der Waals surface area contributed by atoms with Crippen LogP contribution in [0.3, 0.4) is 0 Å². The molecule has 0 aliphatic carbocycles. The Labute approximate surface area is 158 Å². The van der Waals surface area contributed by atoms with E-state index in [1.807, 2.05) is 35.7 Å². The molecule has 3 rings (SSSR count). The van der Waals surface area contributed by atoms with E-state index >= 15 is 0 Å². The summed E-state index contributed by atoms with van der Waals surface area (Å²) in [6, 6.07) is 9.42. The largest absolute Gasteiger partial charge is 0.493 e. The SMILES string of the molecule is COc1cccc(CC(C(=O)O)c2cccs2)c1OCCN1CCCC1. The van der Waals surface area contributed by atoms with Crippen molar-refractivity contribution in [1.29, 1.82) is 0 Å². The van der Waals surface area contributed by atoms with Crippen LogP contribution in [0.15, 0.2) is 35.7 Å². The molecule has 1 aliphatic rings. The van der Waals surface area contributed by atoms with E-state index in [1.165, 1.54) is 24.2 Å². The van der Waals surface area contributed by atoms with Crippen LogP contribution in [0.1, 0.15) is 29.2 Å². The molecule has 0 spiro atoms. The molecule has 1 aliphatic heterocycles. The van der Waals surface area contributed by atoms with E-state index in [2.05, 4.69) is 4.90 Å². The zero-order chi connectivity index (χ0) is 18.4. The average Bonchev–Trinajstić information content (AvgIpc) is 3.34. The lowest BCUT2D eigenvalue weighted by atomic mass is 9.97. The van der Waals surface area contributed by atoms with Gasteiger partial charge in [-0.2, -0.15) is 0 Å². The number of carboxylic acid groups (broad SMARTS) is 1. The fraction of sp³-hybridized carbons (Fsp3) is 0.450. The molecule has 1 saturated heterocycles. The van der Waals surface area contributed by atoms with Crippen LogP contribution >= 0.6 is 11.3 Å². The van der Waals surface area contributed by atoms with Gasteiger partial charge in [0.15, 0.2) is 11.5 Å². The summed E-state index contributed by atoms with van der Waals surface area (Å²) >= 11 is 1.47. The molecular weight excluding hydrogens is 350 g/mol. The molecule has 1 unspecified atom stereocenters.